The van der Waals surface area contributed by atoms with E-state index in [1.54, 1.807) is 0 Å². The van der Waals surface area contributed by atoms with Crippen molar-refractivity contribution in [2.45, 2.75) is 36.6 Å². The number of nitrogens with one attached hydrogen (secondary N) is 1. The van der Waals surface area contributed by atoms with E-state index in [0.717, 1.165) is 10.7 Å². The summed E-state index contributed by atoms with van der Waals surface area (Å²) < 4.78 is 26.8. The fraction of sp³-hybridized carbons (Fsp3) is 0.467. The van der Waals surface area contributed by atoms with Gasteiger partial charge in [0.15, 0.2) is 0 Å². The lowest BCUT2D eigenvalue weighted by Gasteiger charge is -2.28. The van der Waals surface area contributed by atoms with Gasteiger partial charge < -0.3 is 10.4 Å². The third kappa shape index (κ3) is 4.46. The monoisotopic (exact) mass is 374 g/mol. The highest BCUT2D eigenvalue weighted by molar-refractivity contribution is 7.89. The maximum Gasteiger partial charge on any atom is 0.304 e. The van der Waals surface area contributed by atoms with Crippen molar-refractivity contribution >= 4 is 33.5 Å². The summed E-state index contributed by atoms with van der Waals surface area (Å²) in [5.41, 5.74) is 0. The number of carboxylic acid groups (broad SMARTS) is 1. The van der Waals surface area contributed by atoms with Crippen LogP contribution < -0.4 is 5.32 Å². The second-order valence-corrected chi connectivity index (χ2v) is 7.84. The second kappa shape index (κ2) is 7.96. The number of amides is 1. The van der Waals surface area contributed by atoms with Gasteiger partial charge in [-0.05, 0) is 43.5 Å². The summed E-state index contributed by atoms with van der Waals surface area (Å²) >= 11 is 5.79. The number of aliphatic carboxylic acids is 1. The number of sulfonamides is 1. The molecule has 0 aliphatic carbocycles. The van der Waals surface area contributed by atoms with Crippen molar-refractivity contribution in [3.05, 3.63) is 29.3 Å². The van der Waals surface area contributed by atoms with Crippen LogP contribution in [0.2, 0.25) is 5.02 Å². The average Bonchev–Trinajstić information content (AvgIpc) is 2.72. The first-order valence-electron chi connectivity index (χ1n) is 7.59. The van der Waals surface area contributed by atoms with E-state index in [-0.39, 0.29) is 17.9 Å². The molecule has 9 heteroatoms. The van der Waals surface area contributed by atoms with Crippen LogP contribution in [0.15, 0.2) is 29.2 Å². The van der Waals surface area contributed by atoms with Crippen LogP contribution in [0.5, 0.6) is 0 Å². The third-order valence-corrected chi connectivity index (χ3v) is 5.99. The van der Waals surface area contributed by atoms with Gasteiger partial charge in [-0.1, -0.05) is 11.6 Å². The van der Waals surface area contributed by atoms with Gasteiger partial charge in [0.25, 0.3) is 0 Å². The van der Waals surface area contributed by atoms with Crippen LogP contribution in [0.4, 0.5) is 0 Å². The maximum atomic E-state index is 12.9. The Morgan fingerprint density at radius 2 is 1.96 bits per heavy atom. The van der Waals surface area contributed by atoms with E-state index >= 15 is 0 Å². The zero-order valence-electron chi connectivity index (χ0n) is 12.9. The smallest absolute Gasteiger partial charge is 0.304 e. The molecular formula is C15H19ClN2O5S. The highest BCUT2D eigenvalue weighted by Crippen LogP contribution is 2.24. The Bertz CT molecular complexity index is 705. The van der Waals surface area contributed by atoms with E-state index in [4.69, 9.17) is 16.7 Å². The number of halogens is 1. The molecule has 7 nitrogen and oxygen atoms in total. The molecule has 1 aromatic rings. The van der Waals surface area contributed by atoms with Crippen LogP contribution in [0.25, 0.3) is 0 Å². The van der Waals surface area contributed by atoms with Crippen LogP contribution in [0.3, 0.4) is 0 Å². The molecule has 0 bridgehead atoms. The molecule has 1 aromatic carbocycles. The van der Waals surface area contributed by atoms with Gasteiger partial charge in [-0.2, -0.15) is 4.31 Å². The summed E-state index contributed by atoms with van der Waals surface area (Å²) in [5, 5.41) is 12.0. The molecule has 1 saturated heterocycles. The molecule has 1 atom stereocenters. The molecule has 0 spiro atoms. The first-order valence-corrected chi connectivity index (χ1v) is 9.41. The van der Waals surface area contributed by atoms with Crippen molar-refractivity contribution in [3.63, 3.8) is 0 Å². The van der Waals surface area contributed by atoms with E-state index in [2.05, 4.69) is 5.32 Å². The highest BCUT2D eigenvalue weighted by Gasteiger charge is 2.36. The van der Waals surface area contributed by atoms with Crippen molar-refractivity contribution in [1.82, 2.24) is 9.62 Å². The fourth-order valence-corrected chi connectivity index (χ4v) is 4.33. The van der Waals surface area contributed by atoms with E-state index < -0.39 is 27.9 Å². The van der Waals surface area contributed by atoms with Gasteiger partial charge in [-0.15, -0.1) is 0 Å². The van der Waals surface area contributed by atoms with Gasteiger partial charge >= 0.3 is 5.97 Å². The van der Waals surface area contributed by atoms with Crippen LogP contribution in [-0.2, 0) is 19.6 Å². The van der Waals surface area contributed by atoms with Crippen LogP contribution in [0.1, 0.15) is 25.7 Å². The second-order valence-electron chi connectivity index (χ2n) is 5.52. The van der Waals surface area contributed by atoms with Crippen molar-refractivity contribution in [3.8, 4) is 0 Å². The van der Waals surface area contributed by atoms with Crippen molar-refractivity contribution in [1.29, 1.82) is 0 Å². The molecule has 1 unspecified atom stereocenters. The lowest BCUT2D eigenvalue weighted by Crippen LogP contribution is -2.49. The molecule has 24 heavy (non-hydrogen) atoms. The zero-order chi connectivity index (χ0) is 17.7. The number of rotatable bonds is 6. The maximum absolute atomic E-state index is 12.9. The van der Waals surface area contributed by atoms with E-state index in [9.17, 15) is 18.0 Å². The number of hydrogen-bond donors (Lipinski definition) is 2. The predicted octanol–water partition coefficient (Wildman–Crippen LogP) is 1.47. The molecule has 2 N–H and O–H groups in total. The third-order valence-electron chi connectivity index (χ3n) is 3.82. The minimum absolute atomic E-state index is 0.0191. The van der Waals surface area contributed by atoms with E-state index in [0.29, 0.717) is 24.4 Å². The first kappa shape index (κ1) is 18.7. The summed E-state index contributed by atoms with van der Waals surface area (Å²) in [6.45, 7) is 0.224. The zero-order valence-corrected chi connectivity index (χ0v) is 14.5. The fourth-order valence-electron chi connectivity index (χ4n) is 2.59. The molecule has 1 aliphatic heterocycles. The molecule has 0 radical (unpaired) electrons. The number of carboxylic acids is 1. The number of carbonyl (C=O) groups excluding carboxylic acids is 1. The van der Waals surface area contributed by atoms with Crippen LogP contribution in [0, 0.1) is 0 Å². The topological polar surface area (TPSA) is 104 Å². The lowest BCUT2D eigenvalue weighted by molar-refractivity contribution is -0.137. The molecule has 1 amide bonds. The number of nitrogens with zero attached hydrogens (tertiary/aromatic N) is 1. The van der Waals surface area contributed by atoms with Crippen molar-refractivity contribution < 1.29 is 23.1 Å². The van der Waals surface area contributed by atoms with Gasteiger partial charge in [0.2, 0.25) is 15.9 Å². The Labute approximate surface area is 145 Å². The Morgan fingerprint density at radius 1 is 1.29 bits per heavy atom. The van der Waals surface area contributed by atoms with Crippen LogP contribution >= 0.6 is 11.6 Å². The molecule has 2 rings (SSSR count). The Kier molecular flexibility index (Phi) is 6.20. The molecule has 0 aromatic heterocycles. The summed E-state index contributed by atoms with van der Waals surface area (Å²) in [6.07, 6.45) is 1.42. The van der Waals surface area contributed by atoms with Crippen LogP contribution in [-0.4, -0.2) is 48.8 Å². The normalized spacial score (nSPS) is 18.9. The minimum Gasteiger partial charge on any atom is -0.481 e. The number of carbonyl (C=O) groups is 2. The Hall–Kier alpha value is -1.64. The minimum atomic E-state index is -4.01. The van der Waals surface area contributed by atoms with Gasteiger partial charge in [-0.3, -0.25) is 9.59 Å². The van der Waals surface area contributed by atoms with E-state index in [1.807, 2.05) is 0 Å². The van der Waals surface area contributed by atoms with E-state index in [1.165, 1.54) is 24.3 Å². The highest BCUT2D eigenvalue weighted by atomic mass is 35.5. The molecule has 0 saturated carbocycles. The van der Waals surface area contributed by atoms with Gasteiger partial charge in [0.1, 0.15) is 6.04 Å². The predicted molar refractivity (Wildman–Crippen MR) is 88.2 cm³/mol. The summed E-state index contributed by atoms with van der Waals surface area (Å²) in [4.78, 5) is 23.1. The first-order chi connectivity index (χ1) is 11.3. The number of benzene rings is 1. The van der Waals surface area contributed by atoms with Gasteiger partial charge in [-0.25, -0.2) is 8.42 Å². The SMILES string of the molecule is O=C(O)CCN(C1CCCCNC1=O)S(=O)(=O)c1ccc(Cl)cc1. The summed E-state index contributed by atoms with van der Waals surface area (Å²) in [6, 6.07) is 4.67. The molecule has 1 aliphatic rings. The molecule has 132 valence electrons. The Balaban J connectivity index is 2.38. The lowest BCUT2D eigenvalue weighted by atomic mass is 10.1. The van der Waals surface area contributed by atoms with Crippen molar-refractivity contribution in [2.24, 2.45) is 0 Å². The number of hydrogen-bond acceptors (Lipinski definition) is 4. The summed E-state index contributed by atoms with van der Waals surface area (Å²) in [7, 11) is -4.01. The molecule has 1 heterocycles. The molecular weight excluding hydrogens is 356 g/mol. The Morgan fingerprint density at radius 3 is 2.58 bits per heavy atom. The van der Waals surface area contributed by atoms with Gasteiger partial charge in [0, 0.05) is 18.1 Å². The quantitative estimate of drug-likeness (QED) is 0.784. The summed E-state index contributed by atoms with van der Waals surface area (Å²) in [5.74, 6) is -1.52. The van der Waals surface area contributed by atoms with Gasteiger partial charge in [0.05, 0.1) is 11.3 Å². The largest absolute Gasteiger partial charge is 0.481 e. The standard InChI is InChI=1S/C15H19ClN2O5S/c16-11-4-6-12(7-5-11)24(22,23)18(10-8-14(19)20)13-3-1-2-9-17-15(13)21/h4-7,13H,1-3,8-10H2,(H,17,21)(H,19,20). The average molecular weight is 375 g/mol. The molecule has 1 fully saturated rings. The van der Waals surface area contributed by atoms with Crippen molar-refractivity contribution in [2.75, 3.05) is 13.1 Å².